The maximum absolute atomic E-state index is 10.5. The fourth-order valence-electron chi connectivity index (χ4n) is 1.49. The lowest BCUT2D eigenvalue weighted by molar-refractivity contribution is -0.136. The van der Waals surface area contributed by atoms with Gasteiger partial charge in [-0.2, -0.15) is 5.26 Å². The average molecular weight is 297 g/mol. The van der Waals surface area contributed by atoms with Gasteiger partial charge in [0, 0.05) is 23.2 Å². The zero-order chi connectivity index (χ0) is 12.8. The van der Waals surface area contributed by atoms with Gasteiger partial charge in [0.1, 0.15) is 6.07 Å². The van der Waals surface area contributed by atoms with Crippen molar-refractivity contribution in [2.75, 3.05) is 18.0 Å². The molecule has 0 radical (unpaired) electrons. The van der Waals surface area contributed by atoms with E-state index >= 15 is 0 Å². The lowest BCUT2D eigenvalue weighted by Gasteiger charge is -2.22. The zero-order valence-electron chi connectivity index (χ0n) is 9.48. The number of halogens is 1. The van der Waals surface area contributed by atoms with Gasteiger partial charge in [0.25, 0.3) is 0 Å². The Labute approximate surface area is 109 Å². The SMILES string of the molecule is CCN(CCC(=O)O)c1ccc(C#N)c(Br)c1. The number of hydrogen-bond acceptors (Lipinski definition) is 3. The maximum atomic E-state index is 10.5. The fraction of sp³-hybridized carbons (Fsp3) is 0.333. The van der Waals surface area contributed by atoms with Crippen LogP contribution in [0, 0.1) is 11.3 Å². The van der Waals surface area contributed by atoms with Crippen molar-refractivity contribution < 1.29 is 9.90 Å². The first-order valence-corrected chi connectivity index (χ1v) is 6.04. The van der Waals surface area contributed by atoms with Crippen LogP contribution in [0.4, 0.5) is 5.69 Å². The quantitative estimate of drug-likeness (QED) is 0.907. The Balaban J connectivity index is 2.86. The van der Waals surface area contributed by atoms with E-state index in [1.165, 1.54) is 0 Å². The van der Waals surface area contributed by atoms with E-state index < -0.39 is 5.97 Å². The first-order valence-electron chi connectivity index (χ1n) is 5.25. The second-order valence-corrected chi connectivity index (χ2v) is 4.35. The third kappa shape index (κ3) is 3.75. The molecular formula is C12H13BrN2O2. The minimum atomic E-state index is -0.809. The van der Waals surface area contributed by atoms with E-state index in [2.05, 4.69) is 22.0 Å². The fourth-order valence-corrected chi connectivity index (χ4v) is 1.95. The molecule has 0 saturated heterocycles. The number of anilines is 1. The molecule has 4 nitrogen and oxygen atoms in total. The summed E-state index contributed by atoms with van der Waals surface area (Å²) in [6.07, 6.45) is 0.103. The Morgan fingerprint density at radius 1 is 1.59 bits per heavy atom. The van der Waals surface area contributed by atoms with Gasteiger partial charge in [-0.15, -0.1) is 0 Å². The predicted molar refractivity (Wildman–Crippen MR) is 69.0 cm³/mol. The van der Waals surface area contributed by atoms with Crippen LogP contribution < -0.4 is 4.90 Å². The summed E-state index contributed by atoms with van der Waals surface area (Å²) >= 11 is 3.32. The lowest BCUT2D eigenvalue weighted by Crippen LogP contribution is -2.25. The van der Waals surface area contributed by atoms with Gasteiger partial charge >= 0.3 is 5.97 Å². The van der Waals surface area contributed by atoms with Crippen molar-refractivity contribution in [1.29, 1.82) is 5.26 Å². The van der Waals surface area contributed by atoms with Crippen molar-refractivity contribution in [3.63, 3.8) is 0 Å². The topological polar surface area (TPSA) is 64.3 Å². The Hall–Kier alpha value is -1.54. The first-order chi connectivity index (χ1) is 8.08. The van der Waals surface area contributed by atoms with Crippen molar-refractivity contribution in [3.05, 3.63) is 28.2 Å². The van der Waals surface area contributed by atoms with Gasteiger partial charge in [0.15, 0.2) is 0 Å². The molecule has 0 bridgehead atoms. The van der Waals surface area contributed by atoms with Crippen LogP contribution in [-0.2, 0) is 4.79 Å². The summed E-state index contributed by atoms with van der Waals surface area (Å²) in [6, 6.07) is 7.46. The molecule has 0 unspecified atom stereocenters. The van der Waals surface area contributed by atoms with Gasteiger partial charge in [-0.05, 0) is 41.1 Å². The van der Waals surface area contributed by atoms with E-state index in [0.29, 0.717) is 12.1 Å². The van der Waals surface area contributed by atoms with Crippen LogP contribution in [0.15, 0.2) is 22.7 Å². The van der Waals surface area contributed by atoms with Gasteiger partial charge in [0.05, 0.1) is 12.0 Å². The third-order valence-electron chi connectivity index (χ3n) is 2.42. The largest absolute Gasteiger partial charge is 0.481 e. The molecule has 0 aliphatic rings. The summed E-state index contributed by atoms with van der Waals surface area (Å²) in [5, 5.41) is 17.5. The first kappa shape index (κ1) is 13.5. The molecule has 90 valence electrons. The van der Waals surface area contributed by atoms with Crippen LogP contribution in [-0.4, -0.2) is 24.2 Å². The van der Waals surface area contributed by atoms with Crippen LogP contribution in [0.1, 0.15) is 18.9 Å². The van der Waals surface area contributed by atoms with Gasteiger partial charge in [-0.25, -0.2) is 0 Å². The molecule has 5 heteroatoms. The molecule has 1 N–H and O–H groups in total. The Bertz CT molecular complexity index is 454. The molecule has 0 saturated carbocycles. The second-order valence-electron chi connectivity index (χ2n) is 3.50. The molecule has 17 heavy (non-hydrogen) atoms. The van der Waals surface area contributed by atoms with Crippen LogP contribution in [0.5, 0.6) is 0 Å². The molecule has 0 aromatic heterocycles. The monoisotopic (exact) mass is 296 g/mol. The summed E-state index contributed by atoms with van der Waals surface area (Å²) in [6.45, 7) is 3.16. The maximum Gasteiger partial charge on any atom is 0.305 e. The van der Waals surface area contributed by atoms with E-state index in [-0.39, 0.29) is 6.42 Å². The number of carboxylic acids is 1. The second kappa shape index (κ2) is 6.26. The molecule has 0 heterocycles. The molecule has 0 atom stereocenters. The number of hydrogen-bond donors (Lipinski definition) is 1. The molecule has 1 rings (SSSR count). The van der Waals surface area contributed by atoms with E-state index in [1.807, 2.05) is 24.0 Å². The number of nitrogens with zero attached hydrogens (tertiary/aromatic N) is 2. The molecule has 0 aliphatic heterocycles. The minimum absolute atomic E-state index is 0.103. The highest BCUT2D eigenvalue weighted by Gasteiger charge is 2.08. The van der Waals surface area contributed by atoms with Crippen molar-refractivity contribution in [3.8, 4) is 6.07 Å². The van der Waals surface area contributed by atoms with E-state index in [4.69, 9.17) is 10.4 Å². The van der Waals surface area contributed by atoms with Crippen molar-refractivity contribution in [1.82, 2.24) is 0 Å². The molecule has 0 spiro atoms. The molecule has 0 aliphatic carbocycles. The van der Waals surface area contributed by atoms with Crippen molar-refractivity contribution >= 4 is 27.6 Å². The summed E-state index contributed by atoms with van der Waals surface area (Å²) in [5.41, 5.74) is 1.49. The highest BCUT2D eigenvalue weighted by Crippen LogP contribution is 2.23. The smallest absolute Gasteiger partial charge is 0.305 e. The normalized spacial score (nSPS) is 9.71. The number of carbonyl (C=O) groups is 1. The standard InChI is InChI=1S/C12H13BrN2O2/c1-2-15(6-5-12(16)17)10-4-3-9(8-14)11(13)7-10/h3-4,7H,2,5-6H2,1H3,(H,16,17). The molecule has 1 aromatic rings. The van der Waals surface area contributed by atoms with Crippen LogP contribution in [0.2, 0.25) is 0 Å². The Morgan fingerprint density at radius 2 is 2.29 bits per heavy atom. The minimum Gasteiger partial charge on any atom is -0.481 e. The number of nitriles is 1. The number of rotatable bonds is 5. The number of carboxylic acid groups (broad SMARTS) is 1. The highest BCUT2D eigenvalue weighted by molar-refractivity contribution is 9.10. The molecule has 1 aromatic carbocycles. The van der Waals surface area contributed by atoms with Crippen LogP contribution in [0.25, 0.3) is 0 Å². The van der Waals surface area contributed by atoms with E-state index in [9.17, 15) is 4.79 Å². The van der Waals surface area contributed by atoms with Gasteiger partial charge in [0.2, 0.25) is 0 Å². The van der Waals surface area contributed by atoms with Crippen LogP contribution >= 0.6 is 15.9 Å². The zero-order valence-corrected chi connectivity index (χ0v) is 11.1. The van der Waals surface area contributed by atoms with Gasteiger partial charge < -0.3 is 10.0 Å². The summed E-state index contributed by atoms with van der Waals surface area (Å²) in [7, 11) is 0. The summed E-state index contributed by atoms with van der Waals surface area (Å²) < 4.78 is 0.728. The van der Waals surface area contributed by atoms with E-state index in [1.54, 1.807) is 6.07 Å². The lowest BCUT2D eigenvalue weighted by atomic mass is 10.2. The van der Waals surface area contributed by atoms with Gasteiger partial charge in [-0.3, -0.25) is 4.79 Å². The Kier molecular flexibility index (Phi) is 4.98. The van der Waals surface area contributed by atoms with Crippen LogP contribution in [0.3, 0.4) is 0 Å². The summed E-state index contributed by atoms with van der Waals surface area (Å²) in [5.74, 6) is -0.809. The number of aliphatic carboxylic acids is 1. The third-order valence-corrected chi connectivity index (χ3v) is 3.07. The van der Waals surface area contributed by atoms with E-state index in [0.717, 1.165) is 16.7 Å². The van der Waals surface area contributed by atoms with Crippen molar-refractivity contribution in [2.45, 2.75) is 13.3 Å². The number of benzene rings is 1. The van der Waals surface area contributed by atoms with Crippen molar-refractivity contribution in [2.24, 2.45) is 0 Å². The Morgan fingerprint density at radius 3 is 2.76 bits per heavy atom. The van der Waals surface area contributed by atoms with Gasteiger partial charge in [-0.1, -0.05) is 0 Å². The molecular weight excluding hydrogens is 284 g/mol. The summed E-state index contributed by atoms with van der Waals surface area (Å²) in [4.78, 5) is 12.5. The molecule has 0 fully saturated rings. The molecule has 0 amide bonds. The predicted octanol–water partition coefficient (Wildman–Crippen LogP) is 2.62. The average Bonchev–Trinajstić information content (AvgIpc) is 2.29. The highest BCUT2D eigenvalue weighted by atomic mass is 79.9.